The predicted octanol–water partition coefficient (Wildman–Crippen LogP) is 2.76. The van der Waals surface area contributed by atoms with Gasteiger partial charge in [0.15, 0.2) is 6.61 Å². The van der Waals surface area contributed by atoms with E-state index < -0.39 is 5.60 Å². The van der Waals surface area contributed by atoms with E-state index in [2.05, 4.69) is 5.32 Å². The van der Waals surface area contributed by atoms with Gasteiger partial charge in [0.05, 0.1) is 5.60 Å². The highest BCUT2D eigenvalue weighted by Crippen LogP contribution is 2.26. The molecule has 1 aromatic rings. The summed E-state index contributed by atoms with van der Waals surface area (Å²) in [5.74, 6) is 0.712. The first kappa shape index (κ1) is 15.8. The van der Waals surface area contributed by atoms with Crippen LogP contribution in [0, 0.1) is 11.3 Å². The highest BCUT2D eigenvalue weighted by atomic mass is 16.5. The Bertz CT molecular complexity index is 474. The number of nitrogens with one attached hydrogen (secondary N) is 1. The highest BCUT2D eigenvalue weighted by molar-refractivity contribution is 5.28. The SMILES string of the molecule is N#CCOc1cccc(CNCC2(O)CCCCCC2)c1. The second-order valence-electron chi connectivity index (χ2n) is 5.84. The Labute approximate surface area is 126 Å². The number of benzene rings is 1. The van der Waals surface area contributed by atoms with Crippen LogP contribution in [0.3, 0.4) is 0 Å². The fourth-order valence-electron chi connectivity index (χ4n) is 2.86. The zero-order chi connectivity index (χ0) is 15.0. The van der Waals surface area contributed by atoms with Crippen molar-refractivity contribution >= 4 is 0 Å². The fourth-order valence-corrected chi connectivity index (χ4v) is 2.86. The van der Waals surface area contributed by atoms with Crippen LogP contribution in [-0.4, -0.2) is 23.9 Å². The molecule has 1 fully saturated rings. The van der Waals surface area contributed by atoms with Crippen LogP contribution >= 0.6 is 0 Å². The monoisotopic (exact) mass is 288 g/mol. The lowest BCUT2D eigenvalue weighted by molar-refractivity contribution is 0.0250. The maximum absolute atomic E-state index is 10.6. The number of aliphatic hydroxyl groups is 1. The molecule has 21 heavy (non-hydrogen) atoms. The Balaban J connectivity index is 1.81. The Morgan fingerprint density at radius 2 is 2.00 bits per heavy atom. The first-order valence-corrected chi connectivity index (χ1v) is 7.74. The van der Waals surface area contributed by atoms with Crippen molar-refractivity contribution in [2.45, 2.75) is 50.7 Å². The number of hydrogen-bond acceptors (Lipinski definition) is 4. The zero-order valence-electron chi connectivity index (χ0n) is 12.5. The van der Waals surface area contributed by atoms with Crippen molar-refractivity contribution < 1.29 is 9.84 Å². The molecular formula is C17H24N2O2. The molecule has 0 radical (unpaired) electrons. The van der Waals surface area contributed by atoms with Gasteiger partial charge in [0.2, 0.25) is 0 Å². The average molecular weight is 288 g/mol. The maximum Gasteiger partial charge on any atom is 0.174 e. The van der Waals surface area contributed by atoms with Gasteiger partial charge in [-0.15, -0.1) is 0 Å². The summed E-state index contributed by atoms with van der Waals surface area (Å²) < 4.78 is 5.29. The summed E-state index contributed by atoms with van der Waals surface area (Å²) in [6, 6.07) is 9.68. The van der Waals surface area contributed by atoms with E-state index >= 15 is 0 Å². The smallest absolute Gasteiger partial charge is 0.174 e. The van der Waals surface area contributed by atoms with Crippen LogP contribution in [0.25, 0.3) is 0 Å². The fraction of sp³-hybridized carbons (Fsp3) is 0.588. The van der Waals surface area contributed by atoms with Gasteiger partial charge < -0.3 is 15.2 Å². The summed E-state index contributed by atoms with van der Waals surface area (Å²) in [6.07, 6.45) is 6.50. The minimum Gasteiger partial charge on any atom is -0.479 e. The van der Waals surface area contributed by atoms with Gasteiger partial charge in [-0.2, -0.15) is 5.26 Å². The van der Waals surface area contributed by atoms with E-state index in [0.717, 1.165) is 31.2 Å². The number of rotatable bonds is 6. The van der Waals surface area contributed by atoms with Crippen LogP contribution in [0.5, 0.6) is 5.75 Å². The molecule has 1 saturated carbocycles. The van der Waals surface area contributed by atoms with E-state index in [0.29, 0.717) is 18.8 Å². The summed E-state index contributed by atoms with van der Waals surface area (Å²) in [4.78, 5) is 0. The Morgan fingerprint density at radius 3 is 2.71 bits per heavy atom. The molecule has 0 aliphatic heterocycles. The molecule has 0 amide bonds. The molecule has 0 spiro atoms. The molecule has 0 bridgehead atoms. The molecule has 0 unspecified atom stereocenters. The van der Waals surface area contributed by atoms with Crippen LogP contribution in [0.1, 0.15) is 44.1 Å². The summed E-state index contributed by atoms with van der Waals surface area (Å²) in [7, 11) is 0. The van der Waals surface area contributed by atoms with Gasteiger partial charge in [-0.1, -0.05) is 37.8 Å². The van der Waals surface area contributed by atoms with Crippen LogP contribution in [0.2, 0.25) is 0 Å². The lowest BCUT2D eigenvalue weighted by Gasteiger charge is -2.27. The number of nitrogens with zero attached hydrogens (tertiary/aromatic N) is 1. The average Bonchev–Trinajstić information content (AvgIpc) is 2.71. The van der Waals surface area contributed by atoms with E-state index in [1.165, 1.54) is 12.8 Å². The molecule has 0 atom stereocenters. The van der Waals surface area contributed by atoms with E-state index in [1.807, 2.05) is 30.3 Å². The molecule has 0 heterocycles. The molecule has 1 aliphatic carbocycles. The molecule has 0 saturated heterocycles. The first-order chi connectivity index (χ1) is 10.2. The van der Waals surface area contributed by atoms with Crippen LogP contribution in [0.15, 0.2) is 24.3 Å². The Kier molecular flexibility index (Phi) is 6.04. The molecule has 2 N–H and O–H groups in total. The van der Waals surface area contributed by atoms with Crippen molar-refractivity contribution in [1.82, 2.24) is 5.32 Å². The molecule has 114 valence electrons. The van der Waals surface area contributed by atoms with Gasteiger partial charge >= 0.3 is 0 Å². The lowest BCUT2D eigenvalue weighted by Crippen LogP contribution is -2.39. The van der Waals surface area contributed by atoms with E-state index in [9.17, 15) is 5.11 Å². The van der Waals surface area contributed by atoms with Crippen LogP contribution in [0.4, 0.5) is 0 Å². The maximum atomic E-state index is 10.6. The largest absolute Gasteiger partial charge is 0.479 e. The van der Waals surface area contributed by atoms with Crippen molar-refractivity contribution in [3.05, 3.63) is 29.8 Å². The molecule has 4 heteroatoms. The third-order valence-corrected chi connectivity index (χ3v) is 4.02. The van der Waals surface area contributed by atoms with E-state index in [4.69, 9.17) is 10.00 Å². The molecule has 2 rings (SSSR count). The van der Waals surface area contributed by atoms with Gasteiger partial charge in [-0.25, -0.2) is 0 Å². The van der Waals surface area contributed by atoms with Gasteiger partial charge in [-0.3, -0.25) is 0 Å². The van der Waals surface area contributed by atoms with Gasteiger partial charge in [0.25, 0.3) is 0 Å². The van der Waals surface area contributed by atoms with Gasteiger partial charge in [0.1, 0.15) is 11.8 Å². The minimum atomic E-state index is -0.550. The first-order valence-electron chi connectivity index (χ1n) is 7.74. The minimum absolute atomic E-state index is 0.0661. The number of hydrogen-bond donors (Lipinski definition) is 2. The molecule has 4 nitrogen and oxygen atoms in total. The van der Waals surface area contributed by atoms with E-state index in [-0.39, 0.29) is 6.61 Å². The van der Waals surface area contributed by atoms with Crippen molar-refractivity contribution in [2.24, 2.45) is 0 Å². The van der Waals surface area contributed by atoms with Crippen LogP contribution in [-0.2, 0) is 6.54 Å². The molecule has 0 aromatic heterocycles. The third-order valence-electron chi connectivity index (χ3n) is 4.02. The summed E-state index contributed by atoms with van der Waals surface area (Å²) in [5.41, 5.74) is 0.550. The Morgan fingerprint density at radius 1 is 1.24 bits per heavy atom. The molecular weight excluding hydrogens is 264 g/mol. The van der Waals surface area contributed by atoms with Crippen molar-refractivity contribution in [3.8, 4) is 11.8 Å². The van der Waals surface area contributed by atoms with Crippen molar-refractivity contribution in [3.63, 3.8) is 0 Å². The van der Waals surface area contributed by atoms with Gasteiger partial charge in [-0.05, 0) is 30.5 Å². The summed E-state index contributed by atoms with van der Waals surface area (Å²) >= 11 is 0. The summed E-state index contributed by atoms with van der Waals surface area (Å²) in [5, 5.41) is 22.4. The van der Waals surface area contributed by atoms with E-state index in [1.54, 1.807) is 0 Å². The molecule has 1 aromatic carbocycles. The van der Waals surface area contributed by atoms with Crippen molar-refractivity contribution in [2.75, 3.05) is 13.2 Å². The Hall–Kier alpha value is -1.57. The lowest BCUT2D eigenvalue weighted by atomic mass is 9.94. The predicted molar refractivity (Wildman–Crippen MR) is 81.9 cm³/mol. The topological polar surface area (TPSA) is 65.3 Å². The molecule has 1 aliphatic rings. The third kappa shape index (κ3) is 5.37. The standard InChI is InChI=1S/C17H24N2O2/c18-10-11-21-16-7-5-6-15(12-16)13-19-14-17(20)8-3-1-2-4-9-17/h5-7,12,19-20H,1-4,8-9,11,13-14H2. The van der Waals surface area contributed by atoms with Gasteiger partial charge in [0, 0.05) is 13.1 Å². The zero-order valence-corrected chi connectivity index (χ0v) is 12.5. The van der Waals surface area contributed by atoms with Crippen LogP contribution < -0.4 is 10.1 Å². The number of ether oxygens (including phenoxy) is 1. The second-order valence-corrected chi connectivity index (χ2v) is 5.84. The highest BCUT2D eigenvalue weighted by Gasteiger charge is 2.27. The normalized spacial score (nSPS) is 17.7. The second kappa shape index (κ2) is 8.02. The van der Waals surface area contributed by atoms with Crippen molar-refractivity contribution in [1.29, 1.82) is 5.26 Å². The summed E-state index contributed by atoms with van der Waals surface area (Å²) in [6.45, 7) is 1.40. The number of nitriles is 1. The quantitative estimate of drug-likeness (QED) is 0.790.